The lowest BCUT2D eigenvalue weighted by Gasteiger charge is -2.15. The van der Waals surface area contributed by atoms with Crippen LogP contribution in [-0.2, 0) is 7.05 Å². The van der Waals surface area contributed by atoms with Gasteiger partial charge in [-0.05, 0) is 19.4 Å². The summed E-state index contributed by atoms with van der Waals surface area (Å²) in [5.41, 5.74) is 2.43. The molecule has 1 unspecified atom stereocenters. The molecule has 1 aromatic carbocycles. The van der Waals surface area contributed by atoms with Gasteiger partial charge in [-0.2, -0.15) is 5.10 Å². The molecule has 0 amide bonds. The van der Waals surface area contributed by atoms with Crippen LogP contribution in [0.5, 0.6) is 5.75 Å². The predicted octanol–water partition coefficient (Wildman–Crippen LogP) is 2.60. The lowest BCUT2D eigenvalue weighted by atomic mass is 10.0. The van der Waals surface area contributed by atoms with Crippen LogP contribution in [0.15, 0.2) is 30.5 Å². The maximum atomic E-state index is 10.5. The van der Waals surface area contributed by atoms with Crippen molar-refractivity contribution in [3.05, 3.63) is 47.3 Å². The monoisotopic (exact) mass is 260 g/mol. The molecule has 1 aromatic heterocycles. The number of rotatable bonds is 5. The number of aliphatic hydroxyl groups excluding tert-OH is 1. The highest BCUT2D eigenvalue weighted by Gasteiger charge is 2.19. The van der Waals surface area contributed by atoms with Gasteiger partial charge in [-0.3, -0.25) is 4.68 Å². The van der Waals surface area contributed by atoms with Crippen LogP contribution < -0.4 is 4.74 Å². The van der Waals surface area contributed by atoms with Gasteiger partial charge in [0.15, 0.2) is 0 Å². The van der Waals surface area contributed by atoms with Gasteiger partial charge in [0.25, 0.3) is 0 Å². The minimum absolute atomic E-state index is 0.649. The largest absolute Gasteiger partial charge is 0.493 e. The predicted molar refractivity (Wildman–Crippen MR) is 74.2 cm³/mol. The second kappa shape index (κ2) is 5.89. The van der Waals surface area contributed by atoms with E-state index in [1.165, 1.54) is 0 Å². The Labute approximate surface area is 113 Å². The maximum absolute atomic E-state index is 10.5. The smallest absolute Gasteiger partial charge is 0.125 e. The fourth-order valence-electron chi connectivity index (χ4n) is 2.10. The number of hydrogen-bond acceptors (Lipinski definition) is 3. The summed E-state index contributed by atoms with van der Waals surface area (Å²) in [7, 11) is 1.85. The van der Waals surface area contributed by atoms with E-state index in [0.717, 1.165) is 29.0 Å². The van der Waals surface area contributed by atoms with E-state index in [1.54, 1.807) is 4.68 Å². The Balaban J connectivity index is 2.32. The van der Waals surface area contributed by atoms with Crippen molar-refractivity contribution in [2.75, 3.05) is 6.61 Å². The van der Waals surface area contributed by atoms with Gasteiger partial charge in [-0.15, -0.1) is 0 Å². The Morgan fingerprint density at radius 3 is 2.68 bits per heavy atom. The molecule has 0 aliphatic rings. The van der Waals surface area contributed by atoms with Gasteiger partial charge in [0.1, 0.15) is 11.9 Å². The third-order valence-corrected chi connectivity index (χ3v) is 3.02. The molecule has 4 heteroatoms. The quantitative estimate of drug-likeness (QED) is 0.899. The average Bonchev–Trinajstić information content (AvgIpc) is 2.75. The summed E-state index contributed by atoms with van der Waals surface area (Å²) >= 11 is 0. The van der Waals surface area contributed by atoms with Gasteiger partial charge in [-0.25, -0.2) is 0 Å². The van der Waals surface area contributed by atoms with Gasteiger partial charge in [0.2, 0.25) is 0 Å². The van der Waals surface area contributed by atoms with E-state index in [4.69, 9.17) is 4.74 Å². The molecule has 0 spiro atoms. The molecule has 0 aliphatic heterocycles. The van der Waals surface area contributed by atoms with Crippen molar-refractivity contribution in [3.63, 3.8) is 0 Å². The Hall–Kier alpha value is -1.81. The minimum atomic E-state index is -0.707. The second-order valence-corrected chi connectivity index (χ2v) is 4.63. The van der Waals surface area contributed by atoms with Gasteiger partial charge >= 0.3 is 0 Å². The molecule has 0 radical (unpaired) electrons. The summed E-state index contributed by atoms with van der Waals surface area (Å²) in [4.78, 5) is 0. The average molecular weight is 260 g/mol. The molecule has 102 valence electrons. The van der Waals surface area contributed by atoms with Crippen LogP contribution in [0, 0.1) is 6.92 Å². The van der Waals surface area contributed by atoms with E-state index in [1.807, 2.05) is 44.4 Å². The van der Waals surface area contributed by atoms with Crippen LogP contribution in [-0.4, -0.2) is 21.5 Å². The van der Waals surface area contributed by atoms with E-state index in [-0.39, 0.29) is 0 Å². The summed E-state index contributed by atoms with van der Waals surface area (Å²) in [6.07, 6.45) is 2.08. The zero-order chi connectivity index (χ0) is 13.8. The standard InChI is InChI=1S/C15H20N2O2/c1-4-9-19-14-8-6-5-7-12(14)15(18)13-10-17(3)16-11(13)2/h5-8,10,15,18H,4,9H2,1-3H3. The molecule has 1 N–H and O–H groups in total. The zero-order valence-electron chi connectivity index (χ0n) is 11.6. The number of hydrogen-bond donors (Lipinski definition) is 1. The fourth-order valence-corrected chi connectivity index (χ4v) is 2.10. The Morgan fingerprint density at radius 1 is 1.32 bits per heavy atom. The third-order valence-electron chi connectivity index (χ3n) is 3.02. The molecule has 1 heterocycles. The summed E-state index contributed by atoms with van der Waals surface area (Å²) < 4.78 is 7.40. The molecule has 0 saturated heterocycles. The number of nitrogens with zero attached hydrogens (tertiary/aromatic N) is 2. The number of para-hydroxylation sites is 1. The van der Waals surface area contributed by atoms with E-state index >= 15 is 0 Å². The highest BCUT2D eigenvalue weighted by molar-refractivity contribution is 5.40. The van der Waals surface area contributed by atoms with Crippen molar-refractivity contribution in [3.8, 4) is 5.75 Å². The van der Waals surface area contributed by atoms with Crippen LogP contribution in [0.4, 0.5) is 0 Å². The first-order valence-corrected chi connectivity index (χ1v) is 6.53. The molecule has 0 bridgehead atoms. The van der Waals surface area contributed by atoms with Crippen LogP contribution >= 0.6 is 0 Å². The van der Waals surface area contributed by atoms with Gasteiger partial charge < -0.3 is 9.84 Å². The van der Waals surface area contributed by atoms with Crippen molar-refractivity contribution in [1.29, 1.82) is 0 Å². The molecule has 2 rings (SSSR count). The Bertz CT molecular complexity index is 549. The molecule has 0 saturated carbocycles. The number of ether oxygens (including phenoxy) is 1. The van der Waals surface area contributed by atoms with E-state index in [0.29, 0.717) is 6.61 Å². The summed E-state index contributed by atoms with van der Waals surface area (Å²) in [6.45, 7) is 4.61. The zero-order valence-corrected chi connectivity index (χ0v) is 11.6. The lowest BCUT2D eigenvalue weighted by Crippen LogP contribution is -2.05. The SMILES string of the molecule is CCCOc1ccccc1C(O)c1cn(C)nc1C. The van der Waals surface area contributed by atoms with E-state index in [2.05, 4.69) is 12.0 Å². The van der Waals surface area contributed by atoms with Gasteiger partial charge in [-0.1, -0.05) is 25.1 Å². The van der Waals surface area contributed by atoms with Crippen LogP contribution in [0.2, 0.25) is 0 Å². The first-order valence-electron chi connectivity index (χ1n) is 6.53. The Morgan fingerprint density at radius 2 is 2.05 bits per heavy atom. The molecule has 0 fully saturated rings. The maximum Gasteiger partial charge on any atom is 0.125 e. The van der Waals surface area contributed by atoms with Crippen molar-refractivity contribution in [2.45, 2.75) is 26.4 Å². The van der Waals surface area contributed by atoms with Crippen molar-refractivity contribution >= 4 is 0 Å². The number of aryl methyl sites for hydroxylation is 2. The van der Waals surface area contributed by atoms with Crippen LogP contribution in [0.1, 0.15) is 36.3 Å². The molecule has 19 heavy (non-hydrogen) atoms. The molecular weight excluding hydrogens is 240 g/mol. The molecular formula is C15H20N2O2. The molecule has 2 aromatic rings. The van der Waals surface area contributed by atoms with Crippen molar-refractivity contribution in [1.82, 2.24) is 9.78 Å². The summed E-state index contributed by atoms with van der Waals surface area (Å²) in [6, 6.07) is 7.60. The summed E-state index contributed by atoms with van der Waals surface area (Å²) in [5.74, 6) is 0.736. The lowest BCUT2D eigenvalue weighted by molar-refractivity contribution is 0.210. The first kappa shape index (κ1) is 13.6. The number of benzene rings is 1. The van der Waals surface area contributed by atoms with E-state index < -0.39 is 6.10 Å². The van der Waals surface area contributed by atoms with Gasteiger partial charge in [0.05, 0.1) is 12.3 Å². The highest BCUT2D eigenvalue weighted by Crippen LogP contribution is 2.31. The van der Waals surface area contributed by atoms with Crippen LogP contribution in [0.25, 0.3) is 0 Å². The van der Waals surface area contributed by atoms with Crippen molar-refractivity contribution in [2.24, 2.45) is 7.05 Å². The number of aromatic nitrogens is 2. The molecule has 1 atom stereocenters. The second-order valence-electron chi connectivity index (χ2n) is 4.63. The minimum Gasteiger partial charge on any atom is -0.493 e. The van der Waals surface area contributed by atoms with Crippen molar-refractivity contribution < 1.29 is 9.84 Å². The van der Waals surface area contributed by atoms with E-state index in [9.17, 15) is 5.11 Å². The normalized spacial score (nSPS) is 12.4. The fraction of sp³-hybridized carbons (Fsp3) is 0.400. The molecule has 0 aliphatic carbocycles. The third kappa shape index (κ3) is 2.96. The highest BCUT2D eigenvalue weighted by atomic mass is 16.5. The summed E-state index contributed by atoms with van der Waals surface area (Å²) in [5, 5.41) is 14.8. The van der Waals surface area contributed by atoms with Gasteiger partial charge in [0, 0.05) is 24.4 Å². The number of aliphatic hydroxyl groups is 1. The van der Waals surface area contributed by atoms with Crippen LogP contribution in [0.3, 0.4) is 0 Å². The first-order chi connectivity index (χ1) is 9.13. The molecule has 4 nitrogen and oxygen atoms in total. The topological polar surface area (TPSA) is 47.3 Å². The Kier molecular flexibility index (Phi) is 4.22.